The third-order valence-corrected chi connectivity index (χ3v) is 4.93. The first-order valence-electron chi connectivity index (χ1n) is 6.39. The van der Waals surface area contributed by atoms with Crippen molar-refractivity contribution >= 4 is 15.6 Å². The van der Waals surface area contributed by atoms with Crippen LogP contribution in [-0.4, -0.2) is 20.0 Å². The molecule has 0 spiro atoms. The highest BCUT2D eigenvalue weighted by Gasteiger charge is 2.23. The van der Waals surface area contributed by atoms with Gasteiger partial charge in [0.25, 0.3) is 0 Å². The third kappa shape index (κ3) is 3.36. The van der Waals surface area contributed by atoms with Gasteiger partial charge in [-0.3, -0.25) is 4.79 Å². The summed E-state index contributed by atoms with van der Waals surface area (Å²) in [6.45, 7) is 3.44. The van der Waals surface area contributed by atoms with Gasteiger partial charge in [-0.25, -0.2) is 12.8 Å². The molecule has 3 nitrogen and oxygen atoms in total. The lowest BCUT2D eigenvalue weighted by Gasteiger charge is -2.08. The molecule has 0 aromatic heterocycles. The second kappa shape index (κ2) is 5.77. The lowest BCUT2D eigenvalue weighted by molar-refractivity contribution is 0.101. The Balaban J connectivity index is 2.36. The van der Waals surface area contributed by atoms with Gasteiger partial charge in [0.2, 0.25) is 0 Å². The van der Waals surface area contributed by atoms with Gasteiger partial charge in [0.1, 0.15) is 11.6 Å². The first-order valence-corrected chi connectivity index (χ1v) is 8.04. The molecule has 0 N–H and O–H groups in total. The van der Waals surface area contributed by atoms with Gasteiger partial charge in [-0.1, -0.05) is 24.3 Å². The van der Waals surface area contributed by atoms with Crippen LogP contribution in [0.3, 0.4) is 0 Å². The van der Waals surface area contributed by atoms with Crippen LogP contribution >= 0.6 is 0 Å². The molecular weight excluding hydrogens is 291 g/mol. The fraction of sp³-hybridized carbons (Fsp3) is 0.188. The Morgan fingerprint density at radius 1 is 1.10 bits per heavy atom. The van der Waals surface area contributed by atoms with E-state index in [4.69, 9.17) is 0 Å². The lowest BCUT2D eigenvalue weighted by atomic mass is 10.1. The van der Waals surface area contributed by atoms with Crippen LogP contribution in [0, 0.1) is 19.7 Å². The number of ketones is 1. The Morgan fingerprint density at radius 2 is 1.76 bits per heavy atom. The Kier molecular flexibility index (Phi) is 4.23. The Hall–Kier alpha value is -2.01. The molecule has 0 aliphatic carbocycles. The van der Waals surface area contributed by atoms with Crippen LogP contribution in [0.4, 0.5) is 4.39 Å². The summed E-state index contributed by atoms with van der Waals surface area (Å²) in [6, 6.07) is 10.4. The summed E-state index contributed by atoms with van der Waals surface area (Å²) in [7, 11) is -3.79. The lowest BCUT2D eigenvalue weighted by Crippen LogP contribution is -2.18. The van der Waals surface area contributed by atoms with E-state index in [0.717, 1.165) is 11.6 Å². The van der Waals surface area contributed by atoms with Crippen LogP contribution in [0.15, 0.2) is 47.4 Å². The molecule has 0 saturated heterocycles. The van der Waals surface area contributed by atoms with Crippen LogP contribution in [0.5, 0.6) is 0 Å². The topological polar surface area (TPSA) is 51.2 Å². The number of sulfone groups is 1. The molecule has 21 heavy (non-hydrogen) atoms. The van der Waals surface area contributed by atoms with Crippen molar-refractivity contribution in [3.63, 3.8) is 0 Å². The van der Waals surface area contributed by atoms with Crippen LogP contribution in [0.2, 0.25) is 0 Å². The molecule has 2 rings (SSSR count). The average Bonchev–Trinajstić information content (AvgIpc) is 2.41. The third-order valence-electron chi connectivity index (χ3n) is 3.17. The molecule has 0 radical (unpaired) electrons. The summed E-state index contributed by atoms with van der Waals surface area (Å²) in [5.74, 6) is -2.19. The highest BCUT2D eigenvalue weighted by atomic mass is 32.2. The summed E-state index contributed by atoms with van der Waals surface area (Å²) >= 11 is 0. The average molecular weight is 306 g/mol. The maximum atomic E-state index is 13.5. The van der Waals surface area contributed by atoms with E-state index in [1.54, 1.807) is 26.0 Å². The maximum absolute atomic E-state index is 13.5. The second-order valence-electron chi connectivity index (χ2n) is 4.93. The second-order valence-corrected chi connectivity index (χ2v) is 6.89. The molecule has 0 unspecified atom stereocenters. The summed E-state index contributed by atoms with van der Waals surface area (Å²) in [5.41, 5.74) is 1.16. The standard InChI is InChI=1S/C16H15FO3S/c1-11-7-8-12(2)16(9-11)21(19,20)10-15(18)13-5-3-4-6-14(13)17/h3-9H,10H2,1-2H3. The van der Waals surface area contributed by atoms with Crippen LogP contribution < -0.4 is 0 Å². The van der Waals surface area contributed by atoms with Gasteiger partial charge in [-0.2, -0.15) is 0 Å². The van der Waals surface area contributed by atoms with Gasteiger partial charge in [0.15, 0.2) is 15.6 Å². The predicted octanol–water partition coefficient (Wildman–Crippen LogP) is 3.10. The van der Waals surface area contributed by atoms with E-state index in [0.29, 0.717) is 5.56 Å². The van der Waals surface area contributed by atoms with Gasteiger partial charge in [-0.15, -0.1) is 0 Å². The minimum Gasteiger partial charge on any atom is -0.293 e. The quantitative estimate of drug-likeness (QED) is 0.816. The fourth-order valence-corrected chi connectivity index (χ4v) is 3.64. The van der Waals surface area contributed by atoms with E-state index in [1.807, 2.05) is 0 Å². The number of benzene rings is 2. The summed E-state index contributed by atoms with van der Waals surface area (Å²) in [4.78, 5) is 12.1. The van der Waals surface area contributed by atoms with E-state index in [2.05, 4.69) is 0 Å². The number of rotatable bonds is 4. The normalized spacial score (nSPS) is 11.4. The van der Waals surface area contributed by atoms with Crippen LogP contribution in [0.1, 0.15) is 21.5 Å². The predicted molar refractivity (Wildman–Crippen MR) is 78.7 cm³/mol. The van der Waals surface area contributed by atoms with Crippen molar-refractivity contribution in [2.24, 2.45) is 0 Å². The number of hydrogen-bond acceptors (Lipinski definition) is 3. The largest absolute Gasteiger partial charge is 0.293 e. The Morgan fingerprint density at radius 3 is 2.43 bits per heavy atom. The molecule has 0 heterocycles. The first kappa shape index (κ1) is 15.4. The number of halogens is 1. The van der Waals surface area contributed by atoms with Crippen molar-refractivity contribution in [1.29, 1.82) is 0 Å². The number of carbonyl (C=O) groups excluding carboxylic acids is 1. The molecule has 5 heteroatoms. The summed E-state index contributed by atoms with van der Waals surface area (Å²) in [6.07, 6.45) is 0. The molecule has 0 aliphatic heterocycles. The molecule has 0 aliphatic rings. The highest BCUT2D eigenvalue weighted by Crippen LogP contribution is 2.20. The van der Waals surface area contributed by atoms with Crippen molar-refractivity contribution in [2.75, 3.05) is 5.75 Å². The van der Waals surface area contributed by atoms with Crippen molar-refractivity contribution in [2.45, 2.75) is 18.7 Å². The number of aryl methyl sites for hydroxylation is 2. The van der Waals surface area contributed by atoms with Gasteiger partial charge in [-0.05, 0) is 43.2 Å². The van der Waals surface area contributed by atoms with E-state index in [-0.39, 0.29) is 10.5 Å². The first-order chi connectivity index (χ1) is 9.81. The van der Waals surface area contributed by atoms with Crippen molar-refractivity contribution in [1.82, 2.24) is 0 Å². The molecule has 110 valence electrons. The van der Waals surface area contributed by atoms with Crippen molar-refractivity contribution < 1.29 is 17.6 Å². The molecule has 2 aromatic rings. The number of Topliss-reactive ketones (excluding diaryl/α,β-unsaturated/α-hetero) is 1. The number of carbonyl (C=O) groups is 1. The Labute approximate surface area is 123 Å². The van der Waals surface area contributed by atoms with Crippen LogP contribution in [-0.2, 0) is 9.84 Å². The molecule has 0 fully saturated rings. The smallest absolute Gasteiger partial charge is 0.186 e. The van der Waals surface area contributed by atoms with Gasteiger partial charge >= 0.3 is 0 Å². The molecule has 2 aromatic carbocycles. The summed E-state index contributed by atoms with van der Waals surface area (Å²) in [5, 5.41) is 0. The van der Waals surface area contributed by atoms with E-state index in [9.17, 15) is 17.6 Å². The maximum Gasteiger partial charge on any atom is 0.186 e. The molecule has 0 atom stereocenters. The fourth-order valence-electron chi connectivity index (χ4n) is 2.06. The summed E-state index contributed by atoms with van der Waals surface area (Å²) < 4.78 is 38.3. The zero-order valence-electron chi connectivity index (χ0n) is 11.8. The van der Waals surface area contributed by atoms with Crippen molar-refractivity contribution in [3.8, 4) is 0 Å². The van der Waals surface area contributed by atoms with Crippen LogP contribution in [0.25, 0.3) is 0 Å². The minimum absolute atomic E-state index is 0.118. The highest BCUT2D eigenvalue weighted by molar-refractivity contribution is 7.92. The minimum atomic E-state index is -3.79. The van der Waals surface area contributed by atoms with Gasteiger partial charge in [0.05, 0.1) is 10.5 Å². The van der Waals surface area contributed by atoms with Crippen molar-refractivity contribution in [3.05, 3.63) is 65.0 Å². The van der Waals surface area contributed by atoms with E-state index in [1.165, 1.54) is 24.3 Å². The monoisotopic (exact) mass is 306 g/mol. The zero-order chi connectivity index (χ0) is 15.6. The Bertz CT molecular complexity index is 795. The SMILES string of the molecule is Cc1ccc(C)c(S(=O)(=O)CC(=O)c2ccccc2F)c1. The molecule has 0 bridgehead atoms. The zero-order valence-corrected chi connectivity index (χ0v) is 12.6. The van der Waals surface area contributed by atoms with Gasteiger partial charge in [0, 0.05) is 0 Å². The number of hydrogen-bond donors (Lipinski definition) is 0. The van der Waals surface area contributed by atoms with Gasteiger partial charge < -0.3 is 0 Å². The molecule has 0 amide bonds. The van der Waals surface area contributed by atoms with E-state index < -0.39 is 27.2 Å². The van der Waals surface area contributed by atoms with E-state index >= 15 is 0 Å². The molecule has 0 saturated carbocycles. The molecular formula is C16H15FO3S.